The van der Waals surface area contributed by atoms with Gasteiger partial charge in [-0.25, -0.2) is 4.79 Å². The maximum atomic E-state index is 13.4. The number of hydrogen-bond donors (Lipinski definition) is 0. The molecule has 0 radical (unpaired) electrons. The first kappa shape index (κ1) is 22.8. The minimum Gasteiger partial charge on any atom is -0.450 e. The predicted octanol–water partition coefficient (Wildman–Crippen LogP) is 5.80. The summed E-state index contributed by atoms with van der Waals surface area (Å²) in [6.07, 6.45) is 0.615. The van der Waals surface area contributed by atoms with E-state index < -0.39 is 5.60 Å². The van der Waals surface area contributed by atoms with Crippen molar-refractivity contribution in [2.75, 3.05) is 20.6 Å². The van der Waals surface area contributed by atoms with Crippen LogP contribution in [0.4, 0.5) is 0 Å². The topological polar surface area (TPSA) is 29.5 Å². The van der Waals surface area contributed by atoms with Gasteiger partial charge in [0.2, 0.25) is 0 Å². The molecule has 0 aliphatic rings. The molecule has 3 aromatic carbocycles. The monoisotopic (exact) mass is 415 g/mol. The van der Waals surface area contributed by atoms with Crippen LogP contribution in [0.25, 0.3) is 0 Å². The zero-order valence-electron chi connectivity index (χ0n) is 19.3. The molecule has 3 aromatic rings. The summed E-state index contributed by atoms with van der Waals surface area (Å²) >= 11 is 0. The summed E-state index contributed by atoms with van der Waals surface area (Å²) in [6, 6.07) is 26.2. The molecule has 162 valence electrons. The van der Waals surface area contributed by atoms with Crippen molar-refractivity contribution in [3.05, 3.63) is 107 Å². The number of benzene rings is 3. The molecule has 0 spiro atoms. The summed E-state index contributed by atoms with van der Waals surface area (Å²) < 4.78 is 6.51. The maximum absolute atomic E-state index is 13.4. The van der Waals surface area contributed by atoms with E-state index in [0.717, 1.165) is 28.8 Å². The third-order valence-electron chi connectivity index (χ3n) is 6.02. The lowest BCUT2D eigenvalue weighted by Crippen LogP contribution is -2.45. The van der Waals surface area contributed by atoms with Gasteiger partial charge in [0, 0.05) is 18.9 Å². The molecule has 0 saturated carbocycles. The highest BCUT2D eigenvalue weighted by molar-refractivity contribution is 5.90. The van der Waals surface area contributed by atoms with Crippen LogP contribution in [0, 0.1) is 19.8 Å². The molecule has 0 aliphatic heterocycles. The third kappa shape index (κ3) is 5.42. The molecular formula is C28H33NO2. The van der Waals surface area contributed by atoms with E-state index in [2.05, 4.69) is 50.2 Å². The highest BCUT2D eigenvalue weighted by Gasteiger charge is 2.42. The molecule has 0 fully saturated rings. The molecule has 0 N–H and O–H groups in total. The van der Waals surface area contributed by atoms with Crippen molar-refractivity contribution in [1.29, 1.82) is 0 Å². The first-order valence-electron chi connectivity index (χ1n) is 10.9. The van der Waals surface area contributed by atoms with E-state index in [-0.39, 0.29) is 11.9 Å². The van der Waals surface area contributed by atoms with Crippen molar-refractivity contribution >= 4 is 5.97 Å². The summed E-state index contributed by atoms with van der Waals surface area (Å²) in [7, 11) is 4.11. The van der Waals surface area contributed by atoms with Gasteiger partial charge in [0.15, 0.2) is 0 Å². The molecule has 0 saturated heterocycles. The van der Waals surface area contributed by atoms with Crippen LogP contribution in [0.1, 0.15) is 39.5 Å². The zero-order valence-corrected chi connectivity index (χ0v) is 19.3. The second-order valence-corrected chi connectivity index (χ2v) is 8.77. The molecule has 2 atom stereocenters. The van der Waals surface area contributed by atoms with Crippen LogP contribution in [-0.2, 0) is 16.8 Å². The quantitative estimate of drug-likeness (QED) is 0.436. The Hall–Kier alpha value is -2.91. The molecule has 0 aliphatic carbocycles. The smallest absolute Gasteiger partial charge is 0.339 e. The fourth-order valence-corrected chi connectivity index (χ4v) is 4.16. The average molecular weight is 416 g/mol. The number of esters is 1. The minimum absolute atomic E-state index is 0.0700. The Morgan fingerprint density at radius 2 is 1.52 bits per heavy atom. The predicted molar refractivity (Wildman–Crippen MR) is 127 cm³/mol. The second kappa shape index (κ2) is 9.93. The molecule has 3 rings (SSSR count). The fourth-order valence-electron chi connectivity index (χ4n) is 4.16. The Balaban J connectivity index is 2.09. The van der Waals surface area contributed by atoms with Crippen molar-refractivity contribution in [3.63, 3.8) is 0 Å². The van der Waals surface area contributed by atoms with Gasteiger partial charge < -0.3 is 9.64 Å². The van der Waals surface area contributed by atoms with E-state index in [0.29, 0.717) is 12.0 Å². The van der Waals surface area contributed by atoms with Crippen LogP contribution in [0.3, 0.4) is 0 Å². The maximum Gasteiger partial charge on any atom is 0.339 e. The van der Waals surface area contributed by atoms with Gasteiger partial charge in [-0.05, 0) is 62.3 Å². The van der Waals surface area contributed by atoms with Crippen molar-refractivity contribution in [2.24, 2.45) is 5.92 Å². The van der Waals surface area contributed by atoms with Crippen LogP contribution in [-0.4, -0.2) is 31.5 Å². The lowest BCUT2D eigenvalue weighted by molar-refractivity contribution is -0.0572. The third-order valence-corrected chi connectivity index (χ3v) is 6.02. The molecule has 1 unspecified atom stereocenters. The Morgan fingerprint density at radius 3 is 2.10 bits per heavy atom. The van der Waals surface area contributed by atoms with Gasteiger partial charge in [0.05, 0.1) is 5.56 Å². The first-order chi connectivity index (χ1) is 14.8. The van der Waals surface area contributed by atoms with Gasteiger partial charge in [-0.2, -0.15) is 0 Å². The summed E-state index contributed by atoms with van der Waals surface area (Å²) in [5.74, 6) is -0.214. The van der Waals surface area contributed by atoms with Crippen LogP contribution in [0.15, 0.2) is 78.9 Å². The fraction of sp³-hybridized carbons (Fsp3) is 0.321. The summed E-state index contributed by atoms with van der Waals surface area (Å²) in [6.45, 7) is 7.04. The largest absolute Gasteiger partial charge is 0.450 e. The van der Waals surface area contributed by atoms with Crippen LogP contribution in [0.5, 0.6) is 0 Å². The van der Waals surface area contributed by atoms with Gasteiger partial charge >= 0.3 is 5.97 Å². The van der Waals surface area contributed by atoms with Crippen molar-refractivity contribution in [3.8, 4) is 0 Å². The molecule has 0 aromatic heterocycles. The van der Waals surface area contributed by atoms with Gasteiger partial charge in [0.1, 0.15) is 5.60 Å². The Bertz CT molecular complexity index is 998. The van der Waals surface area contributed by atoms with E-state index in [9.17, 15) is 4.79 Å². The van der Waals surface area contributed by atoms with Crippen LogP contribution >= 0.6 is 0 Å². The standard InChI is InChI=1S/C28H33NO2/c1-21-16-17-25(18-22(21)2)27(30)31-28(23(3)20-29(4)5,26-14-10-7-11-15-26)19-24-12-8-6-9-13-24/h6-18,23H,19-20H2,1-5H3/t23-,28?/m0/s1. The first-order valence-corrected chi connectivity index (χ1v) is 10.9. The number of carbonyl (C=O) groups excluding carboxylic acids is 1. The molecule has 3 nitrogen and oxygen atoms in total. The molecule has 3 heteroatoms. The number of hydrogen-bond acceptors (Lipinski definition) is 3. The van der Waals surface area contributed by atoms with E-state index in [1.165, 1.54) is 0 Å². The molecule has 0 amide bonds. The lowest BCUT2D eigenvalue weighted by Gasteiger charge is -2.40. The second-order valence-electron chi connectivity index (χ2n) is 8.77. The number of nitrogens with zero attached hydrogens (tertiary/aromatic N) is 1. The number of carbonyl (C=O) groups is 1. The van der Waals surface area contributed by atoms with Crippen molar-refractivity contribution in [1.82, 2.24) is 4.90 Å². The molecular weight excluding hydrogens is 382 g/mol. The summed E-state index contributed by atoms with van der Waals surface area (Å²) in [5, 5.41) is 0. The van der Waals surface area contributed by atoms with E-state index in [1.54, 1.807) is 0 Å². The number of ether oxygens (including phenoxy) is 1. The van der Waals surface area contributed by atoms with Crippen molar-refractivity contribution < 1.29 is 9.53 Å². The Morgan fingerprint density at radius 1 is 0.903 bits per heavy atom. The van der Waals surface area contributed by atoms with Crippen LogP contribution in [0.2, 0.25) is 0 Å². The minimum atomic E-state index is -0.789. The van der Waals surface area contributed by atoms with Crippen LogP contribution < -0.4 is 0 Å². The average Bonchev–Trinajstić information content (AvgIpc) is 2.76. The summed E-state index contributed by atoms with van der Waals surface area (Å²) in [5.41, 5.74) is 4.21. The van der Waals surface area contributed by atoms with E-state index in [1.807, 2.05) is 68.4 Å². The van der Waals surface area contributed by atoms with Gasteiger partial charge in [-0.1, -0.05) is 73.7 Å². The van der Waals surface area contributed by atoms with Gasteiger partial charge in [-0.15, -0.1) is 0 Å². The molecule has 0 heterocycles. The van der Waals surface area contributed by atoms with Gasteiger partial charge in [0.25, 0.3) is 0 Å². The van der Waals surface area contributed by atoms with Gasteiger partial charge in [-0.3, -0.25) is 0 Å². The zero-order chi connectivity index (χ0) is 22.4. The normalized spacial score (nSPS) is 14.1. The molecule has 31 heavy (non-hydrogen) atoms. The SMILES string of the molecule is Cc1ccc(C(=O)OC(Cc2ccccc2)(c2ccccc2)[C@@H](C)CN(C)C)cc1C. The Labute approximate surface area is 186 Å². The Kier molecular flexibility index (Phi) is 7.29. The number of aryl methyl sites for hydroxylation is 2. The van der Waals surface area contributed by atoms with E-state index >= 15 is 0 Å². The summed E-state index contributed by atoms with van der Waals surface area (Å²) in [4.78, 5) is 15.6. The lowest BCUT2D eigenvalue weighted by atomic mass is 9.77. The highest BCUT2D eigenvalue weighted by Crippen LogP contribution is 2.39. The van der Waals surface area contributed by atoms with E-state index in [4.69, 9.17) is 4.74 Å². The number of rotatable bonds is 8. The molecule has 0 bridgehead atoms. The van der Waals surface area contributed by atoms with Crippen molar-refractivity contribution in [2.45, 2.75) is 32.8 Å². The highest BCUT2D eigenvalue weighted by atomic mass is 16.6.